The van der Waals surface area contributed by atoms with Gasteiger partial charge in [0.1, 0.15) is 17.3 Å². The highest BCUT2D eigenvalue weighted by molar-refractivity contribution is 6.40. The van der Waals surface area contributed by atoms with Gasteiger partial charge in [-0.1, -0.05) is 166 Å². The third-order valence-corrected chi connectivity index (χ3v) is 15.0. The van der Waals surface area contributed by atoms with Gasteiger partial charge in [-0.05, 0) is 87.8 Å². The first-order chi connectivity index (χ1) is 35.7. The van der Waals surface area contributed by atoms with Gasteiger partial charge in [0.05, 0.1) is 44.5 Å². The number of benzene rings is 9. The fraction of sp³-hybridized carbons (Fsp3) is 0.0909. The van der Waals surface area contributed by atoms with Gasteiger partial charge in [0.2, 0.25) is 0 Å². The van der Waals surface area contributed by atoms with E-state index in [1.807, 2.05) is 12.3 Å². The molecule has 5 heterocycles. The Balaban J connectivity index is 0.977. The molecule has 0 aliphatic rings. The van der Waals surface area contributed by atoms with Gasteiger partial charge in [-0.2, -0.15) is 0 Å². The van der Waals surface area contributed by atoms with Crippen LogP contribution in [0.3, 0.4) is 0 Å². The summed E-state index contributed by atoms with van der Waals surface area (Å²) in [6.45, 7) is 6.79. The molecule has 9 aromatic carbocycles. The Hall–Kier alpha value is -9.20. The molecule has 0 radical (unpaired) electrons. The van der Waals surface area contributed by atoms with Crippen molar-refractivity contribution >= 4 is 76.5 Å². The molecule has 7 nitrogen and oxygen atoms in total. The predicted octanol–water partition coefficient (Wildman–Crippen LogP) is 15.9. The van der Waals surface area contributed by atoms with Gasteiger partial charge in [0.15, 0.2) is 0 Å². The SMILES string of the molecule is Cn1c2ccccc2c2c3c4ccc(Oc5cccc(-[n+]6[c-]n(-c7c(-c8ccccc8)cccc7-c7ccccc7)c7ccccc76)c5)cc4n(-c4cc(C(C)(C)C)ccn4)c3c3c4ccccc4n(C)c3c21. The molecule has 0 atom stereocenters. The highest BCUT2D eigenvalue weighted by atomic mass is 16.5. The van der Waals surface area contributed by atoms with Crippen molar-refractivity contribution in [1.82, 2.24) is 23.3 Å². The topological polar surface area (TPSA) is 45.7 Å². The second-order valence-corrected chi connectivity index (χ2v) is 20.3. The van der Waals surface area contributed by atoms with Crippen LogP contribution in [0.15, 0.2) is 212 Å². The summed E-state index contributed by atoms with van der Waals surface area (Å²) in [5.74, 6) is 2.31. The minimum absolute atomic E-state index is 0.0927. The molecule has 0 amide bonds. The molecule has 0 spiro atoms. The van der Waals surface area contributed by atoms with Crippen LogP contribution in [0.2, 0.25) is 0 Å². The molecule has 0 aliphatic heterocycles. The van der Waals surface area contributed by atoms with E-state index in [-0.39, 0.29) is 5.41 Å². The second-order valence-electron chi connectivity index (χ2n) is 20.3. The number of hydrogen-bond donors (Lipinski definition) is 0. The van der Waals surface area contributed by atoms with Crippen molar-refractivity contribution in [2.24, 2.45) is 14.1 Å². The number of aryl methyl sites for hydroxylation is 2. The largest absolute Gasteiger partial charge is 0.458 e. The third-order valence-electron chi connectivity index (χ3n) is 15.0. The van der Waals surface area contributed by atoms with Crippen molar-refractivity contribution in [3.05, 3.63) is 224 Å². The predicted molar refractivity (Wildman–Crippen MR) is 300 cm³/mol. The van der Waals surface area contributed by atoms with Crippen molar-refractivity contribution in [2.75, 3.05) is 0 Å². The lowest BCUT2D eigenvalue weighted by atomic mass is 9.88. The Labute approximate surface area is 422 Å². The molecule has 350 valence electrons. The van der Waals surface area contributed by atoms with E-state index in [9.17, 15) is 0 Å². The van der Waals surface area contributed by atoms with E-state index in [4.69, 9.17) is 9.72 Å². The van der Waals surface area contributed by atoms with E-state index in [1.165, 1.54) is 54.6 Å². The van der Waals surface area contributed by atoms with E-state index in [0.29, 0.717) is 5.75 Å². The third kappa shape index (κ3) is 6.51. The van der Waals surface area contributed by atoms with E-state index < -0.39 is 0 Å². The Bertz CT molecular complexity index is 4470. The molecule has 5 aromatic heterocycles. The number of ether oxygens (including phenoxy) is 1. The number of imidazole rings is 1. The Morgan fingerprint density at radius 2 is 1.04 bits per heavy atom. The van der Waals surface area contributed by atoms with Crippen LogP contribution in [-0.4, -0.2) is 23.3 Å². The Morgan fingerprint density at radius 3 is 1.73 bits per heavy atom. The second kappa shape index (κ2) is 16.2. The maximum absolute atomic E-state index is 7.02. The number of pyridine rings is 1. The molecule has 73 heavy (non-hydrogen) atoms. The van der Waals surface area contributed by atoms with Crippen LogP contribution in [0.5, 0.6) is 11.5 Å². The molecule has 0 fully saturated rings. The maximum Gasteiger partial charge on any atom is 0.269 e. The van der Waals surface area contributed by atoms with Gasteiger partial charge in [-0.15, -0.1) is 0 Å². The van der Waals surface area contributed by atoms with E-state index in [1.54, 1.807) is 0 Å². The average molecular weight is 943 g/mol. The molecule has 0 saturated heterocycles. The molecule has 14 aromatic rings. The van der Waals surface area contributed by atoms with Crippen LogP contribution < -0.4 is 9.30 Å². The van der Waals surface area contributed by atoms with Gasteiger partial charge >= 0.3 is 0 Å². The summed E-state index contributed by atoms with van der Waals surface area (Å²) >= 11 is 0. The maximum atomic E-state index is 7.02. The summed E-state index contributed by atoms with van der Waals surface area (Å²) in [6, 6.07) is 73.3. The van der Waals surface area contributed by atoms with Crippen LogP contribution in [0, 0.1) is 6.33 Å². The monoisotopic (exact) mass is 942 g/mol. The number of para-hydroxylation sites is 5. The lowest BCUT2D eigenvalue weighted by molar-refractivity contribution is -0.572. The van der Waals surface area contributed by atoms with Gasteiger partial charge in [-0.3, -0.25) is 13.7 Å². The zero-order valence-electron chi connectivity index (χ0n) is 41.3. The molecule has 0 N–H and O–H groups in total. The Kier molecular flexibility index (Phi) is 9.45. The van der Waals surface area contributed by atoms with Gasteiger partial charge < -0.3 is 13.9 Å². The molecule has 0 bridgehead atoms. The van der Waals surface area contributed by atoms with Crippen LogP contribution in [0.4, 0.5) is 0 Å². The molecule has 0 aliphatic carbocycles. The minimum atomic E-state index is -0.0927. The summed E-state index contributed by atoms with van der Waals surface area (Å²) in [6.07, 6.45) is 5.80. The number of rotatable bonds is 7. The van der Waals surface area contributed by atoms with E-state index in [2.05, 4.69) is 264 Å². The zero-order chi connectivity index (χ0) is 49.1. The first-order valence-electron chi connectivity index (χ1n) is 25.0. The normalized spacial score (nSPS) is 12.2. The standard InChI is InChI=1S/C66H50N6O/c1-66(2,3)44-36-37-67-58(38-44)72-57-40-47(34-35-52(57)59-60-50-26-12-14-30-53(50)68(4)64(60)65-61(63(59)72)51-27-13-15-31-54(51)69(65)5)73-46-25-18-24-45(39-46)70-41-71(56-33-17-16-32-55(56)70)62-48(42-20-8-6-9-21-42)28-19-29-49(62)43-22-10-7-11-23-43/h6-40H,1-5H3. The molecular formula is C66H50N6O. The average Bonchev–Trinajstić information content (AvgIpc) is 4.15. The number of aromatic nitrogens is 6. The number of fused-ring (bicyclic) bond motifs is 13. The first-order valence-corrected chi connectivity index (χ1v) is 25.0. The molecule has 0 saturated carbocycles. The van der Waals surface area contributed by atoms with Crippen LogP contribution in [-0.2, 0) is 19.5 Å². The summed E-state index contributed by atoms with van der Waals surface area (Å²) in [4.78, 5) is 5.19. The van der Waals surface area contributed by atoms with Gasteiger partial charge in [0, 0.05) is 69.7 Å². The zero-order valence-corrected chi connectivity index (χ0v) is 41.3. The van der Waals surface area contributed by atoms with Crippen molar-refractivity contribution < 1.29 is 9.30 Å². The van der Waals surface area contributed by atoms with Crippen molar-refractivity contribution in [2.45, 2.75) is 26.2 Å². The van der Waals surface area contributed by atoms with Crippen LogP contribution in [0.1, 0.15) is 26.3 Å². The minimum Gasteiger partial charge on any atom is -0.458 e. The quantitative estimate of drug-likeness (QED) is 0.118. The van der Waals surface area contributed by atoms with Gasteiger partial charge in [0.25, 0.3) is 6.33 Å². The number of nitrogens with zero attached hydrogens (tertiary/aromatic N) is 6. The van der Waals surface area contributed by atoms with Gasteiger partial charge in [-0.25, -0.2) is 4.98 Å². The summed E-state index contributed by atoms with van der Waals surface area (Å²) < 4.78 is 18.6. The Morgan fingerprint density at radius 1 is 0.479 bits per heavy atom. The van der Waals surface area contributed by atoms with Crippen LogP contribution in [0.25, 0.3) is 116 Å². The van der Waals surface area contributed by atoms with Crippen molar-refractivity contribution in [1.29, 1.82) is 0 Å². The highest BCUT2D eigenvalue weighted by Crippen LogP contribution is 2.49. The highest BCUT2D eigenvalue weighted by Gasteiger charge is 2.28. The molecule has 14 rings (SSSR count). The fourth-order valence-corrected chi connectivity index (χ4v) is 11.6. The first kappa shape index (κ1) is 42.7. The lowest BCUT2D eigenvalue weighted by Gasteiger charge is -2.20. The smallest absolute Gasteiger partial charge is 0.269 e. The van der Waals surface area contributed by atoms with E-state index >= 15 is 0 Å². The number of hydrogen-bond acceptors (Lipinski definition) is 2. The summed E-state index contributed by atoms with van der Waals surface area (Å²) in [7, 11) is 4.42. The van der Waals surface area contributed by atoms with Crippen LogP contribution >= 0.6 is 0 Å². The van der Waals surface area contributed by atoms with Crippen molar-refractivity contribution in [3.63, 3.8) is 0 Å². The molecule has 7 heteroatoms. The van der Waals surface area contributed by atoms with E-state index in [0.717, 1.165) is 72.6 Å². The molecule has 0 unspecified atom stereocenters. The molecular weight excluding hydrogens is 893 g/mol. The fourth-order valence-electron chi connectivity index (χ4n) is 11.6. The van der Waals surface area contributed by atoms with Crippen molar-refractivity contribution in [3.8, 4) is 50.9 Å². The lowest BCUT2D eigenvalue weighted by Crippen LogP contribution is -2.29. The summed E-state index contributed by atoms with van der Waals surface area (Å²) in [5.41, 5.74) is 16.7. The summed E-state index contributed by atoms with van der Waals surface area (Å²) in [5, 5.41) is 7.21.